The van der Waals surface area contributed by atoms with E-state index in [0.29, 0.717) is 29.8 Å². The first-order valence-electron chi connectivity index (χ1n) is 11.2. The zero-order valence-corrected chi connectivity index (χ0v) is 20.1. The SMILES string of the molecule is CC(=O)c1ccc(NC(=O)O[C@H](c2ccc(OCCO)cc2)C(C)(C)CC/C=C/C(=O)NO)cc1. The molecule has 0 unspecified atom stereocenters. The highest BCUT2D eigenvalue weighted by Crippen LogP contribution is 2.41. The molecule has 1 atom stereocenters. The highest BCUT2D eigenvalue weighted by Gasteiger charge is 2.34. The normalized spacial score (nSPS) is 12.1. The first-order valence-corrected chi connectivity index (χ1v) is 11.2. The van der Waals surface area contributed by atoms with E-state index in [1.807, 2.05) is 13.8 Å². The molecule has 0 aliphatic carbocycles. The molecule has 2 aromatic rings. The lowest BCUT2D eigenvalue weighted by Gasteiger charge is -2.34. The number of carbonyl (C=O) groups excluding carboxylic acids is 3. The molecule has 0 radical (unpaired) electrons. The standard InChI is InChI=1S/C26H32N2O7/c1-18(30)19-7-11-21(12-8-19)27-25(32)35-24(20-9-13-22(14-10-20)34-17-16-29)26(2,3)15-5-4-6-23(31)28-33/h4,6-14,24,29,33H,5,15-17H2,1-3H3,(H,27,32)(H,28,31)/b6-4+/t24-/m1/s1. The molecule has 4 N–H and O–H groups in total. The summed E-state index contributed by atoms with van der Waals surface area (Å²) in [6.07, 6.45) is 2.63. The first kappa shape index (κ1) is 27.6. The molecule has 9 nitrogen and oxygen atoms in total. The van der Waals surface area contributed by atoms with E-state index in [1.165, 1.54) is 13.0 Å². The minimum absolute atomic E-state index is 0.0714. The number of hydroxylamine groups is 1. The van der Waals surface area contributed by atoms with E-state index in [9.17, 15) is 14.4 Å². The van der Waals surface area contributed by atoms with Gasteiger partial charge in [0.25, 0.3) is 5.91 Å². The molecule has 0 spiro atoms. The van der Waals surface area contributed by atoms with Crippen molar-refractivity contribution in [3.05, 3.63) is 71.8 Å². The summed E-state index contributed by atoms with van der Waals surface area (Å²) in [4.78, 5) is 35.4. The monoisotopic (exact) mass is 484 g/mol. The number of rotatable bonds is 12. The second-order valence-corrected chi connectivity index (χ2v) is 8.59. The Morgan fingerprint density at radius 3 is 2.29 bits per heavy atom. The van der Waals surface area contributed by atoms with Crippen molar-refractivity contribution in [3.63, 3.8) is 0 Å². The Hall–Kier alpha value is -3.69. The van der Waals surface area contributed by atoms with Crippen LogP contribution in [0.3, 0.4) is 0 Å². The van der Waals surface area contributed by atoms with E-state index in [2.05, 4.69) is 5.32 Å². The molecular formula is C26H32N2O7. The van der Waals surface area contributed by atoms with Crippen molar-refractivity contribution in [1.29, 1.82) is 0 Å². The van der Waals surface area contributed by atoms with Crippen molar-refractivity contribution in [2.45, 2.75) is 39.7 Å². The van der Waals surface area contributed by atoms with Crippen LogP contribution in [0.1, 0.15) is 55.6 Å². The average molecular weight is 485 g/mol. The number of aliphatic hydroxyl groups excluding tert-OH is 1. The van der Waals surface area contributed by atoms with Crippen LogP contribution < -0.4 is 15.5 Å². The number of amides is 2. The van der Waals surface area contributed by atoms with Crippen molar-refractivity contribution in [2.75, 3.05) is 18.5 Å². The smallest absolute Gasteiger partial charge is 0.412 e. The van der Waals surface area contributed by atoms with Gasteiger partial charge in [-0.15, -0.1) is 0 Å². The Labute approximate surface area is 204 Å². The fourth-order valence-electron chi connectivity index (χ4n) is 3.44. The highest BCUT2D eigenvalue weighted by molar-refractivity contribution is 5.95. The largest absolute Gasteiger partial charge is 0.491 e. The van der Waals surface area contributed by atoms with Gasteiger partial charge < -0.3 is 14.6 Å². The number of Topliss-reactive ketones (excluding diaryl/α,β-unsaturated/α-hetero) is 1. The molecule has 0 aliphatic heterocycles. The van der Waals surface area contributed by atoms with Crippen molar-refractivity contribution in [1.82, 2.24) is 5.48 Å². The van der Waals surface area contributed by atoms with E-state index >= 15 is 0 Å². The second kappa shape index (κ2) is 13.3. The number of anilines is 1. The second-order valence-electron chi connectivity index (χ2n) is 8.59. The average Bonchev–Trinajstić information content (AvgIpc) is 2.84. The Kier molecular flexibility index (Phi) is 10.4. The predicted octanol–water partition coefficient (Wildman–Crippen LogP) is 4.42. The summed E-state index contributed by atoms with van der Waals surface area (Å²) >= 11 is 0. The Balaban J connectivity index is 2.19. The number of hydrogen-bond acceptors (Lipinski definition) is 7. The molecule has 0 bridgehead atoms. The predicted molar refractivity (Wildman–Crippen MR) is 130 cm³/mol. The van der Waals surface area contributed by atoms with Gasteiger partial charge in [-0.25, -0.2) is 10.3 Å². The zero-order valence-electron chi connectivity index (χ0n) is 20.1. The first-order chi connectivity index (χ1) is 16.7. The lowest BCUT2D eigenvalue weighted by Crippen LogP contribution is -2.29. The topological polar surface area (TPSA) is 134 Å². The van der Waals surface area contributed by atoms with Crippen LogP contribution in [0.15, 0.2) is 60.7 Å². The molecule has 0 aromatic heterocycles. The number of hydrogen-bond donors (Lipinski definition) is 4. The number of benzene rings is 2. The van der Waals surface area contributed by atoms with Gasteiger partial charge in [0.15, 0.2) is 5.78 Å². The third-order valence-corrected chi connectivity index (χ3v) is 5.35. The lowest BCUT2D eigenvalue weighted by atomic mass is 9.78. The zero-order chi connectivity index (χ0) is 25.8. The van der Waals surface area contributed by atoms with Gasteiger partial charge in [-0.2, -0.15) is 0 Å². The number of ether oxygens (including phenoxy) is 2. The molecule has 0 saturated carbocycles. The Morgan fingerprint density at radius 1 is 1.06 bits per heavy atom. The van der Waals surface area contributed by atoms with Gasteiger partial charge in [-0.05, 0) is 61.7 Å². The maximum atomic E-state index is 12.8. The minimum atomic E-state index is -0.658. The summed E-state index contributed by atoms with van der Waals surface area (Å²) in [6.45, 7) is 5.43. The van der Waals surface area contributed by atoms with Gasteiger partial charge in [-0.3, -0.25) is 20.1 Å². The lowest BCUT2D eigenvalue weighted by molar-refractivity contribution is -0.124. The fraction of sp³-hybridized carbons (Fsp3) is 0.346. The summed E-state index contributed by atoms with van der Waals surface area (Å²) < 4.78 is 11.3. The quantitative estimate of drug-likeness (QED) is 0.152. The Morgan fingerprint density at radius 2 is 1.71 bits per heavy atom. The van der Waals surface area contributed by atoms with Crippen LogP contribution in [0.4, 0.5) is 10.5 Å². The molecular weight excluding hydrogens is 452 g/mol. The van der Waals surface area contributed by atoms with E-state index in [1.54, 1.807) is 60.1 Å². The molecule has 0 saturated heterocycles. The van der Waals surface area contributed by atoms with Crippen molar-refractivity contribution in [3.8, 4) is 5.75 Å². The number of aliphatic hydroxyl groups is 1. The van der Waals surface area contributed by atoms with E-state index < -0.39 is 23.5 Å². The maximum Gasteiger partial charge on any atom is 0.412 e. The highest BCUT2D eigenvalue weighted by atomic mass is 16.6. The van der Waals surface area contributed by atoms with E-state index in [-0.39, 0.29) is 19.0 Å². The summed E-state index contributed by atoms with van der Waals surface area (Å²) in [7, 11) is 0. The molecule has 0 aliphatic rings. The van der Waals surface area contributed by atoms with Gasteiger partial charge in [0.1, 0.15) is 18.5 Å². The van der Waals surface area contributed by atoms with Gasteiger partial charge in [0.05, 0.1) is 6.61 Å². The van der Waals surface area contributed by atoms with Gasteiger partial charge in [-0.1, -0.05) is 32.1 Å². The van der Waals surface area contributed by atoms with Crippen LogP contribution in [-0.4, -0.2) is 41.3 Å². The van der Waals surface area contributed by atoms with Crippen LogP contribution in [0, 0.1) is 5.41 Å². The number of allylic oxidation sites excluding steroid dienone is 1. The van der Waals surface area contributed by atoms with Crippen molar-refractivity contribution >= 4 is 23.5 Å². The molecule has 0 fully saturated rings. The molecule has 35 heavy (non-hydrogen) atoms. The van der Waals surface area contributed by atoms with Crippen molar-refractivity contribution < 1.29 is 34.2 Å². The number of ketones is 1. The molecule has 188 valence electrons. The third-order valence-electron chi connectivity index (χ3n) is 5.35. The van der Waals surface area contributed by atoms with Crippen molar-refractivity contribution in [2.24, 2.45) is 5.41 Å². The molecule has 2 amide bonds. The fourth-order valence-corrected chi connectivity index (χ4v) is 3.44. The van der Waals surface area contributed by atoms with Crippen LogP contribution >= 0.6 is 0 Å². The summed E-state index contributed by atoms with van der Waals surface area (Å²) in [5, 5.41) is 20.2. The van der Waals surface area contributed by atoms with Gasteiger partial charge >= 0.3 is 6.09 Å². The van der Waals surface area contributed by atoms with E-state index in [4.69, 9.17) is 19.8 Å². The minimum Gasteiger partial charge on any atom is -0.491 e. The third kappa shape index (κ3) is 8.88. The molecule has 2 rings (SSSR count). The van der Waals surface area contributed by atoms with Crippen LogP contribution in [0.5, 0.6) is 5.75 Å². The van der Waals surface area contributed by atoms with Gasteiger partial charge in [0, 0.05) is 22.7 Å². The van der Waals surface area contributed by atoms with Crippen LogP contribution in [-0.2, 0) is 9.53 Å². The van der Waals surface area contributed by atoms with Crippen LogP contribution in [0.2, 0.25) is 0 Å². The van der Waals surface area contributed by atoms with Crippen LogP contribution in [0.25, 0.3) is 0 Å². The maximum absolute atomic E-state index is 12.8. The molecule has 2 aromatic carbocycles. The summed E-state index contributed by atoms with van der Waals surface area (Å²) in [5.41, 5.74) is 2.77. The summed E-state index contributed by atoms with van der Waals surface area (Å²) in [5.74, 6) is -0.116. The number of carbonyl (C=O) groups is 3. The molecule has 0 heterocycles. The Bertz CT molecular complexity index is 1020. The number of nitrogens with one attached hydrogen (secondary N) is 2. The van der Waals surface area contributed by atoms with E-state index in [0.717, 1.165) is 5.56 Å². The van der Waals surface area contributed by atoms with Gasteiger partial charge in [0.2, 0.25) is 0 Å². The summed E-state index contributed by atoms with van der Waals surface area (Å²) in [6, 6.07) is 13.6. The molecule has 9 heteroatoms.